The molecule has 0 aliphatic heterocycles. The monoisotopic (exact) mass is 537 g/mol. The van der Waals surface area contributed by atoms with E-state index in [1.54, 1.807) is 31.4 Å². The van der Waals surface area contributed by atoms with Gasteiger partial charge in [-0.25, -0.2) is 0 Å². The smallest absolute Gasteiger partial charge is 0.346 e. The molecule has 0 fully saturated rings. The maximum Gasteiger partial charge on any atom is 0.346 e. The van der Waals surface area contributed by atoms with Gasteiger partial charge in [-0.3, -0.25) is 24.3 Å². The van der Waals surface area contributed by atoms with E-state index < -0.39 is 49.7 Å². The van der Waals surface area contributed by atoms with Gasteiger partial charge >= 0.3 is 25.5 Å². The Morgan fingerprint density at radius 3 is 1.95 bits per heavy atom. The molecule has 202 valence electrons. The van der Waals surface area contributed by atoms with Crippen LogP contribution in [0, 0.1) is 0 Å². The van der Waals surface area contributed by atoms with Crippen molar-refractivity contribution in [1.82, 2.24) is 5.32 Å². The third-order valence-electron chi connectivity index (χ3n) is 5.59. The van der Waals surface area contributed by atoms with Gasteiger partial charge in [-0.05, 0) is 37.5 Å². The summed E-state index contributed by atoms with van der Waals surface area (Å²) in [6.45, 7) is 2.86. The number of carbonyl (C=O) groups is 3. The minimum absolute atomic E-state index is 0.0730. The summed E-state index contributed by atoms with van der Waals surface area (Å²) in [5.74, 6) is -2.79. The number of hydrogen-bond acceptors (Lipinski definition) is 8. The van der Waals surface area contributed by atoms with Crippen LogP contribution >= 0.6 is 7.60 Å². The maximum absolute atomic E-state index is 12.6. The second-order valence-corrected chi connectivity index (χ2v) is 10.1. The van der Waals surface area contributed by atoms with Crippen LogP contribution in [0.5, 0.6) is 5.75 Å². The summed E-state index contributed by atoms with van der Waals surface area (Å²) in [5, 5.41) is 9.74. The van der Waals surface area contributed by atoms with Crippen LogP contribution in [0.1, 0.15) is 32.3 Å². The molecule has 0 saturated heterocycles. The van der Waals surface area contributed by atoms with Gasteiger partial charge in [-0.1, -0.05) is 42.5 Å². The van der Waals surface area contributed by atoms with Crippen LogP contribution in [0.2, 0.25) is 0 Å². The van der Waals surface area contributed by atoms with Gasteiger partial charge in [-0.15, -0.1) is 0 Å². The van der Waals surface area contributed by atoms with Crippen molar-refractivity contribution in [2.45, 2.75) is 44.4 Å². The van der Waals surface area contributed by atoms with Crippen LogP contribution in [-0.2, 0) is 34.8 Å². The first-order valence-corrected chi connectivity index (χ1v) is 13.2. The van der Waals surface area contributed by atoms with Crippen molar-refractivity contribution in [3.63, 3.8) is 0 Å². The largest absolute Gasteiger partial charge is 0.496 e. The molecule has 0 aliphatic rings. The summed E-state index contributed by atoms with van der Waals surface area (Å²) in [5.41, 5.74) is 2.18. The molecular weight excluding hydrogens is 505 g/mol. The molecule has 12 heteroatoms. The zero-order chi connectivity index (χ0) is 27.6. The minimum atomic E-state index is -5.31. The highest BCUT2D eigenvalue weighted by molar-refractivity contribution is 7.53. The fourth-order valence-electron chi connectivity index (χ4n) is 3.82. The van der Waals surface area contributed by atoms with Gasteiger partial charge in [0, 0.05) is 5.56 Å². The highest BCUT2D eigenvalue weighted by Gasteiger charge is 2.52. The Kier molecular flexibility index (Phi) is 10.8. The zero-order valence-corrected chi connectivity index (χ0v) is 21.8. The van der Waals surface area contributed by atoms with Crippen LogP contribution in [0.3, 0.4) is 0 Å². The molecule has 1 atom stereocenters. The van der Waals surface area contributed by atoms with Gasteiger partial charge in [-0.2, -0.15) is 0 Å². The van der Waals surface area contributed by atoms with Crippen LogP contribution in [-0.4, -0.2) is 64.4 Å². The minimum Gasteiger partial charge on any atom is -0.496 e. The molecule has 0 radical (unpaired) electrons. The summed E-state index contributed by atoms with van der Waals surface area (Å²) >= 11 is 0. The number of nitrogens with one attached hydrogen (secondary N) is 1. The topological polar surface area (TPSA) is 169 Å². The lowest BCUT2D eigenvalue weighted by atomic mass is 9.99. The third-order valence-corrected chi connectivity index (χ3v) is 7.16. The fraction of sp³-hybridized carbons (Fsp3) is 0.400. The second-order valence-electron chi connectivity index (χ2n) is 8.18. The van der Waals surface area contributed by atoms with E-state index in [1.165, 1.54) is 13.8 Å². The fourth-order valence-corrected chi connectivity index (χ4v) is 4.81. The number of carbonyl (C=O) groups excluding carboxylic acids is 2. The van der Waals surface area contributed by atoms with E-state index in [0.717, 1.165) is 11.1 Å². The lowest BCUT2D eigenvalue weighted by Crippen LogP contribution is -2.56. The first kappa shape index (κ1) is 30.0. The molecular formula is C25H32NO10P. The average molecular weight is 538 g/mol. The van der Waals surface area contributed by atoms with E-state index in [-0.39, 0.29) is 19.6 Å². The Bertz CT molecular complexity index is 1110. The van der Waals surface area contributed by atoms with Crippen molar-refractivity contribution in [3.05, 3.63) is 54.1 Å². The van der Waals surface area contributed by atoms with Gasteiger partial charge in [0.05, 0.1) is 33.2 Å². The van der Waals surface area contributed by atoms with Crippen LogP contribution in [0.15, 0.2) is 48.5 Å². The quantitative estimate of drug-likeness (QED) is 0.206. The molecule has 11 nitrogen and oxygen atoms in total. The Morgan fingerprint density at radius 2 is 1.49 bits per heavy atom. The molecule has 2 aromatic rings. The molecule has 0 bridgehead atoms. The number of rotatable bonds is 14. The number of ether oxygens (including phenoxy) is 3. The van der Waals surface area contributed by atoms with Crippen molar-refractivity contribution in [2.75, 3.05) is 20.3 Å². The van der Waals surface area contributed by atoms with Crippen molar-refractivity contribution < 1.29 is 48.1 Å². The Labute approximate surface area is 214 Å². The number of aliphatic carboxylic acids is 1. The molecule has 2 rings (SSSR count). The summed E-state index contributed by atoms with van der Waals surface area (Å²) in [6, 6.07) is 12.7. The van der Waals surface area contributed by atoms with Crippen molar-refractivity contribution in [1.29, 1.82) is 0 Å². The molecule has 0 heterocycles. The first-order chi connectivity index (χ1) is 17.5. The van der Waals surface area contributed by atoms with E-state index in [4.69, 9.17) is 14.2 Å². The lowest BCUT2D eigenvalue weighted by Gasteiger charge is -2.36. The number of methoxy groups -OCH3 is 1. The Balaban J connectivity index is 2.39. The number of benzene rings is 2. The van der Waals surface area contributed by atoms with Gasteiger partial charge in [0.15, 0.2) is 0 Å². The number of carboxylic acid groups (broad SMARTS) is 1. The van der Waals surface area contributed by atoms with E-state index in [9.17, 15) is 33.8 Å². The molecule has 2 aromatic carbocycles. The van der Waals surface area contributed by atoms with Crippen molar-refractivity contribution in [2.24, 2.45) is 0 Å². The molecule has 0 aromatic heterocycles. The predicted octanol–water partition coefficient (Wildman–Crippen LogP) is 2.73. The van der Waals surface area contributed by atoms with E-state index in [2.05, 4.69) is 5.32 Å². The zero-order valence-electron chi connectivity index (χ0n) is 20.9. The SMILES string of the molecule is CCOC(=O)CC(CC(=O)OCC)(NC(Cc1ccc(-c2ccccc2OC)cc1)C(=O)O)P(=O)(O)O. The Morgan fingerprint density at radius 1 is 0.946 bits per heavy atom. The average Bonchev–Trinajstić information content (AvgIpc) is 2.83. The van der Waals surface area contributed by atoms with Crippen molar-refractivity contribution in [3.8, 4) is 16.9 Å². The van der Waals surface area contributed by atoms with Gasteiger partial charge in [0.1, 0.15) is 17.1 Å². The van der Waals surface area contributed by atoms with Crippen molar-refractivity contribution >= 4 is 25.5 Å². The van der Waals surface area contributed by atoms with E-state index in [0.29, 0.717) is 11.3 Å². The third kappa shape index (κ3) is 8.13. The molecule has 1 unspecified atom stereocenters. The van der Waals surface area contributed by atoms with Crippen LogP contribution < -0.4 is 10.1 Å². The molecule has 0 aliphatic carbocycles. The molecule has 0 saturated carbocycles. The highest BCUT2D eigenvalue weighted by atomic mass is 31.2. The molecule has 0 amide bonds. The van der Waals surface area contributed by atoms with Crippen LogP contribution in [0.4, 0.5) is 0 Å². The van der Waals surface area contributed by atoms with E-state index in [1.807, 2.05) is 24.3 Å². The number of para-hydroxylation sites is 1. The Hall–Kier alpha value is -3.24. The lowest BCUT2D eigenvalue weighted by molar-refractivity contribution is -0.149. The predicted molar refractivity (Wildman–Crippen MR) is 134 cm³/mol. The molecule has 37 heavy (non-hydrogen) atoms. The normalized spacial score (nSPS) is 12.5. The number of esters is 2. The number of hydrogen-bond donors (Lipinski definition) is 4. The summed E-state index contributed by atoms with van der Waals surface area (Å²) < 4.78 is 27.7. The first-order valence-electron chi connectivity index (χ1n) is 11.6. The molecule has 0 spiro atoms. The summed E-state index contributed by atoms with van der Waals surface area (Å²) in [4.78, 5) is 57.1. The van der Waals surface area contributed by atoms with Gasteiger partial charge in [0.25, 0.3) is 0 Å². The standard InChI is InChI=1S/C25H32NO10P/c1-4-35-22(27)15-25(37(31,32)33,16-23(28)36-5-2)26-20(24(29)30)14-17-10-12-18(13-11-17)19-8-6-7-9-21(19)34-3/h6-13,20,26H,4-5,14-16H2,1-3H3,(H,29,30)(H2,31,32,33). The highest BCUT2D eigenvalue weighted by Crippen LogP contribution is 2.53. The maximum atomic E-state index is 12.6. The van der Waals surface area contributed by atoms with E-state index >= 15 is 0 Å². The van der Waals surface area contributed by atoms with Gasteiger partial charge < -0.3 is 29.1 Å². The second kappa shape index (κ2) is 13.3. The summed E-state index contributed by atoms with van der Waals surface area (Å²) in [7, 11) is -3.76. The van der Waals surface area contributed by atoms with Gasteiger partial charge in [0.2, 0.25) is 0 Å². The molecule has 4 N–H and O–H groups in total. The summed E-state index contributed by atoms with van der Waals surface area (Å²) in [6.07, 6.45) is -2.09. The number of carboxylic acids is 1. The van der Waals surface area contributed by atoms with Crippen LogP contribution in [0.25, 0.3) is 11.1 Å².